The summed E-state index contributed by atoms with van der Waals surface area (Å²) in [4.78, 5) is 12.5. The van der Waals surface area contributed by atoms with Crippen LogP contribution in [0.3, 0.4) is 0 Å². The van der Waals surface area contributed by atoms with Gasteiger partial charge in [-0.25, -0.2) is 0 Å². The van der Waals surface area contributed by atoms with E-state index in [1.807, 2.05) is 47.1 Å². The predicted octanol–water partition coefficient (Wildman–Crippen LogP) is 0.886. The van der Waals surface area contributed by atoms with Crippen molar-refractivity contribution in [3.05, 3.63) is 82.9 Å². The fraction of sp³-hybridized carbons (Fsp3) is 0.130. The van der Waals surface area contributed by atoms with Crippen molar-refractivity contribution in [1.82, 2.24) is 9.78 Å². The minimum Gasteiger partial charge on any atom is -1.00 e. The van der Waals surface area contributed by atoms with Gasteiger partial charge in [-0.1, -0.05) is 23.7 Å². The molecule has 4 rings (SSSR count). The molecule has 0 fully saturated rings. The predicted molar refractivity (Wildman–Crippen MR) is 116 cm³/mol. The van der Waals surface area contributed by atoms with Crippen molar-refractivity contribution in [1.29, 1.82) is 0 Å². The zero-order valence-electron chi connectivity index (χ0n) is 16.8. The van der Waals surface area contributed by atoms with Crippen LogP contribution >= 0.6 is 11.6 Å². The van der Waals surface area contributed by atoms with E-state index in [9.17, 15) is 4.79 Å². The van der Waals surface area contributed by atoms with Gasteiger partial charge in [-0.15, -0.1) is 5.10 Å². The molecule has 0 aliphatic heterocycles. The van der Waals surface area contributed by atoms with Gasteiger partial charge in [0.2, 0.25) is 5.88 Å². The van der Waals surface area contributed by atoms with Crippen molar-refractivity contribution >= 4 is 34.0 Å². The second kappa shape index (κ2) is 9.83. The third-order valence-electron chi connectivity index (χ3n) is 4.75. The average molecular weight is 458 g/mol. The van der Waals surface area contributed by atoms with Gasteiger partial charge in [0.25, 0.3) is 0 Å². The maximum Gasteiger partial charge on any atom is 0.241 e. The number of nitrogens with zero attached hydrogens (tertiary/aromatic N) is 2. The molecule has 1 heterocycles. The smallest absolute Gasteiger partial charge is 0.241 e. The highest BCUT2D eigenvalue weighted by Gasteiger charge is 2.16. The number of Topliss-reactive ketones (excluding diaryl/α,β-unsaturated/α-hetero) is 1. The van der Waals surface area contributed by atoms with Gasteiger partial charge in [0.05, 0.1) is 24.6 Å². The Hall–Kier alpha value is -3.06. The van der Waals surface area contributed by atoms with E-state index in [0.29, 0.717) is 28.8 Å². The summed E-state index contributed by atoms with van der Waals surface area (Å²) in [5, 5.41) is 5.98. The molecule has 31 heavy (non-hydrogen) atoms. The summed E-state index contributed by atoms with van der Waals surface area (Å²) in [7, 11) is 1.61. The van der Waals surface area contributed by atoms with Crippen LogP contribution in [0.2, 0.25) is 5.02 Å². The Morgan fingerprint density at radius 2 is 1.87 bits per heavy atom. The third-order valence-corrected chi connectivity index (χ3v) is 5.01. The fourth-order valence-electron chi connectivity index (χ4n) is 3.24. The lowest BCUT2D eigenvalue weighted by Gasteiger charge is -2.04. The lowest BCUT2D eigenvalue weighted by molar-refractivity contribution is -0.254. The van der Waals surface area contributed by atoms with Crippen molar-refractivity contribution in [2.75, 3.05) is 13.7 Å². The Morgan fingerprint density at radius 3 is 2.58 bits per heavy atom. The van der Waals surface area contributed by atoms with Gasteiger partial charge < -0.3 is 27.6 Å². The van der Waals surface area contributed by atoms with Crippen LogP contribution in [0, 0.1) is 0 Å². The quantitative estimate of drug-likeness (QED) is 0.417. The summed E-state index contributed by atoms with van der Waals surface area (Å²) in [6.45, 7) is 0.431. The van der Waals surface area contributed by atoms with Crippen LogP contribution in [-0.4, -0.2) is 29.3 Å². The molecule has 0 unspecified atom stereocenters. The molecule has 0 atom stereocenters. The van der Waals surface area contributed by atoms with Gasteiger partial charge in [-0.2, -0.15) is 0 Å². The highest BCUT2D eigenvalue weighted by atomic mass is 35.5. The number of ketones is 1. The minimum absolute atomic E-state index is 0. The molecular weight excluding hydrogens is 437 g/mol. The number of quaternary nitrogens is 1. The Morgan fingerprint density at radius 1 is 1.10 bits per heavy atom. The molecule has 0 aliphatic carbocycles. The number of fused-ring (bicyclic) bond motifs is 1. The van der Waals surface area contributed by atoms with E-state index in [4.69, 9.17) is 21.1 Å². The number of carbonyl (C=O) groups is 1. The lowest BCUT2D eigenvalue weighted by Crippen LogP contribution is -3.00. The van der Waals surface area contributed by atoms with Crippen molar-refractivity contribution < 1.29 is 32.4 Å². The summed E-state index contributed by atoms with van der Waals surface area (Å²) < 4.78 is 13.0. The number of rotatable bonds is 7. The maximum absolute atomic E-state index is 12.5. The van der Waals surface area contributed by atoms with Gasteiger partial charge in [-0.05, 0) is 54.1 Å². The van der Waals surface area contributed by atoms with Crippen LogP contribution < -0.4 is 27.6 Å². The van der Waals surface area contributed by atoms with Crippen LogP contribution in [0.25, 0.3) is 10.9 Å². The van der Waals surface area contributed by atoms with E-state index < -0.39 is 0 Å². The Labute approximate surface area is 190 Å². The molecule has 0 aliphatic rings. The number of hydrogen-bond acceptors (Lipinski definition) is 4. The van der Waals surface area contributed by atoms with E-state index >= 15 is 0 Å². The number of hydrogen-bond donors (Lipinski definition) is 1. The Bertz CT molecular complexity index is 1210. The fourth-order valence-corrected chi connectivity index (χ4v) is 3.36. The largest absolute Gasteiger partial charge is 1.00 e. The zero-order valence-corrected chi connectivity index (χ0v) is 18.4. The first-order valence-corrected chi connectivity index (χ1v) is 9.78. The first kappa shape index (κ1) is 22.6. The SMILES string of the molecule is COc1ccc2c(c1)c(OCC(=O)c1ccc(Cl)cc1)nn2Cc1cccc([NH3+])c1.[Cl-]. The molecule has 0 saturated carbocycles. The van der Waals surface area contributed by atoms with Gasteiger partial charge in [0.1, 0.15) is 11.4 Å². The third kappa shape index (κ3) is 5.17. The normalized spacial score (nSPS) is 10.5. The monoisotopic (exact) mass is 457 g/mol. The summed E-state index contributed by atoms with van der Waals surface area (Å²) in [6, 6.07) is 20.3. The molecule has 0 bridgehead atoms. The second-order valence-electron chi connectivity index (χ2n) is 6.88. The van der Waals surface area contributed by atoms with Gasteiger partial charge >= 0.3 is 0 Å². The number of carbonyl (C=O) groups excluding carboxylic acids is 1. The minimum atomic E-state index is -0.151. The van der Waals surface area contributed by atoms with Crippen molar-refractivity contribution in [3.63, 3.8) is 0 Å². The average Bonchev–Trinajstić information content (AvgIpc) is 3.09. The van der Waals surface area contributed by atoms with E-state index in [-0.39, 0.29) is 24.8 Å². The van der Waals surface area contributed by atoms with Crippen LogP contribution in [-0.2, 0) is 6.54 Å². The molecule has 0 radical (unpaired) electrons. The molecular formula is C23H21Cl2N3O3. The molecule has 160 valence electrons. The summed E-state index contributed by atoms with van der Waals surface area (Å²) >= 11 is 5.89. The van der Waals surface area contributed by atoms with Crippen LogP contribution in [0.5, 0.6) is 11.6 Å². The number of methoxy groups -OCH3 is 1. The van der Waals surface area contributed by atoms with E-state index in [1.54, 1.807) is 31.4 Å². The molecule has 0 saturated heterocycles. The van der Waals surface area contributed by atoms with Crippen LogP contribution in [0.1, 0.15) is 15.9 Å². The molecule has 3 N–H and O–H groups in total. The molecule has 6 nitrogen and oxygen atoms in total. The maximum atomic E-state index is 12.5. The molecule has 0 spiro atoms. The van der Waals surface area contributed by atoms with Crippen molar-refractivity contribution in [2.45, 2.75) is 6.54 Å². The number of aromatic nitrogens is 2. The lowest BCUT2D eigenvalue weighted by atomic mass is 10.1. The molecule has 8 heteroatoms. The summed E-state index contributed by atoms with van der Waals surface area (Å²) in [5.41, 5.74) is 7.42. The number of ether oxygens (including phenoxy) is 2. The standard InChI is InChI=1S/C23H20ClN3O3.ClH/c1-29-19-9-10-21-20(12-19)23(26-27(21)13-15-3-2-4-18(25)11-15)30-14-22(28)16-5-7-17(24)8-6-16;/h2-12H,13-14,25H2,1H3;1H. The summed E-state index contributed by atoms with van der Waals surface area (Å²) in [5.74, 6) is 0.926. The first-order chi connectivity index (χ1) is 14.5. The summed E-state index contributed by atoms with van der Waals surface area (Å²) in [6.07, 6.45) is 0. The van der Waals surface area contributed by atoms with Crippen LogP contribution in [0.4, 0.5) is 5.69 Å². The van der Waals surface area contributed by atoms with E-state index in [1.165, 1.54) is 0 Å². The van der Waals surface area contributed by atoms with E-state index in [2.05, 4.69) is 10.8 Å². The first-order valence-electron chi connectivity index (χ1n) is 9.40. The van der Waals surface area contributed by atoms with Gasteiger partial charge in [0.15, 0.2) is 12.4 Å². The Balaban J connectivity index is 0.00000272. The highest BCUT2D eigenvalue weighted by Crippen LogP contribution is 2.29. The Kier molecular flexibility index (Phi) is 7.17. The van der Waals surface area contributed by atoms with Crippen molar-refractivity contribution in [3.8, 4) is 11.6 Å². The van der Waals surface area contributed by atoms with Crippen LogP contribution in [0.15, 0.2) is 66.7 Å². The van der Waals surface area contributed by atoms with E-state index in [0.717, 1.165) is 22.2 Å². The number of halogens is 2. The molecule has 4 aromatic rings. The molecule has 1 aromatic heterocycles. The van der Waals surface area contributed by atoms with Gasteiger partial charge in [-0.3, -0.25) is 9.48 Å². The van der Waals surface area contributed by atoms with Crippen molar-refractivity contribution in [2.24, 2.45) is 0 Å². The molecule has 3 aromatic carbocycles. The second-order valence-corrected chi connectivity index (χ2v) is 7.32. The van der Waals surface area contributed by atoms with Gasteiger partial charge in [0, 0.05) is 16.7 Å². The molecule has 0 amide bonds. The highest BCUT2D eigenvalue weighted by molar-refractivity contribution is 6.30. The topological polar surface area (TPSA) is 81.0 Å². The number of benzene rings is 3. The zero-order chi connectivity index (χ0) is 21.1.